The molecule has 3 heteroatoms. The molecule has 2 heterocycles. The maximum Gasteiger partial charge on any atom is 0.144 e. The van der Waals surface area contributed by atoms with E-state index in [-0.39, 0.29) is 0 Å². The second-order valence-electron chi connectivity index (χ2n) is 4.38. The summed E-state index contributed by atoms with van der Waals surface area (Å²) in [5, 5.41) is 0. The summed E-state index contributed by atoms with van der Waals surface area (Å²) < 4.78 is 5.75. The molecule has 1 fully saturated rings. The Morgan fingerprint density at radius 1 is 1.33 bits per heavy atom. The van der Waals surface area contributed by atoms with Gasteiger partial charge in [0.05, 0.1) is 11.7 Å². The van der Waals surface area contributed by atoms with Crippen LogP contribution in [-0.4, -0.2) is 19.2 Å². The first-order valence-corrected chi connectivity index (χ1v) is 5.63. The minimum atomic E-state index is 0.579. The Labute approximate surface area is 89.8 Å². The Morgan fingerprint density at radius 3 is 3.20 bits per heavy atom. The third-order valence-corrected chi connectivity index (χ3v) is 3.35. The van der Waals surface area contributed by atoms with Crippen LogP contribution < -0.4 is 15.4 Å². The zero-order valence-electron chi connectivity index (χ0n) is 8.78. The molecule has 1 aromatic carbocycles. The number of ether oxygens (including phenoxy) is 1. The predicted molar refractivity (Wildman–Crippen MR) is 61.3 cm³/mol. The van der Waals surface area contributed by atoms with Gasteiger partial charge in [0.1, 0.15) is 12.4 Å². The van der Waals surface area contributed by atoms with E-state index in [0.717, 1.165) is 24.6 Å². The number of nitrogens with two attached hydrogens (primary N) is 1. The first-order chi connectivity index (χ1) is 7.34. The fraction of sp³-hybridized carbons (Fsp3) is 0.500. The number of hydrogen-bond donors (Lipinski definition) is 1. The number of piperidine rings is 1. The fourth-order valence-corrected chi connectivity index (χ4v) is 2.56. The van der Waals surface area contributed by atoms with Crippen LogP contribution in [0.25, 0.3) is 0 Å². The van der Waals surface area contributed by atoms with Crippen molar-refractivity contribution in [2.75, 3.05) is 23.8 Å². The van der Waals surface area contributed by atoms with E-state index >= 15 is 0 Å². The van der Waals surface area contributed by atoms with E-state index in [1.54, 1.807) is 0 Å². The monoisotopic (exact) mass is 204 g/mol. The first-order valence-electron chi connectivity index (χ1n) is 5.63. The third kappa shape index (κ3) is 1.42. The summed E-state index contributed by atoms with van der Waals surface area (Å²) >= 11 is 0. The van der Waals surface area contributed by atoms with Crippen LogP contribution in [-0.2, 0) is 0 Å². The summed E-state index contributed by atoms with van der Waals surface area (Å²) in [7, 11) is 0. The lowest BCUT2D eigenvalue weighted by Gasteiger charge is -2.41. The molecule has 0 aromatic heterocycles. The largest absolute Gasteiger partial charge is 0.489 e. The Kier molecular flexibility index (Phi) is 1.97. The van der Waals surface area contributed by atoms with E-state index < -0.39 is 0 Å². The van der Waals surface area contributed by atoms with Crippen LogP contribution in [0.4, 0.5) is 11.4 Å². The topological polar surface area (TPSA) is 38.5 Å². The van der Waals surface area contributed by atoms with Gasteiger partial charge in [-0.3, -0.25) is 0 Å². The number of nitrogen functional groups attached to an aromatic ring is 1. The van der Waals surface area contributed by atoms with Gasteiger partial charge in [-0.05, 0) is 31.4 Å². The van der Waals surface area contributed by atoms with Gasteiger partial charge in [0.2, 0.25) is 0 Å². The van der Waals surface area contributed by atoms with Gasteiger partial charge in [0, 0.05) is 18.3 Å². The Morgan fingerprint density at radius 2 is 2.27 bits per heavy atom. The van der Waals surface area contributed by atoms with Crippen molar-refractivity contribution < 1.29 is 4.74 Å². The van der Waals surface area contributed by atoms with E-state index in [9.17, 15) is 0 Å². The molecule has 2 N–H and O–H groups in total. The molecule has 80 valence electrons. The SMILES string of the molecule is Nc1ccc2c(c1)OC[C@@H]1CCCCN21. The lowest BCUT2D eigenvalue weighted by molar-refractivity contribution is 0.240. The highest BCUT2D eigenvalue weighted by Gasteiger charge is 2.29. The molecule has 0 spiro atoms. The van der Waals surface area contributed by atoms with Gasteiger partial charge >= 0.3 is 0 Å². The zero-order chi connectivity index (χ0) is 10.3. The zero-order valence-corrected chi connectivity index (χ0v) is 8.78. The summed E-state index contributed by atoms with van der Waals surface area (Å²) in [6.45, 7) is 1.97. The first kappa shape index (κ1) is 8.89. The molecule has 0 unspecified atom stereocenters. The van der Waals surface area contributed by atoms with Crippen LogP contribution in [0.3, 0.4) is 0 Å². The fourth-order valence-electron chi connectivity index (χ4n) is 2.56. The summed E-state index contributed by atoms with van der Waals surface area (Å²) in [5.74, 6) is 0.952. The number of benzene rings is 1. The van der Waals surface area contributed by atoms with Crippen molar-refractivity contribution in [2.24, 2.45) is 0 Å². The maximum atomic E-state index is 5.75. The molecule has 3 rings (SSSR count). The summed E-state index contributed by atoms with van der Waals surface area (Å²) in [6.07, 6.45) is 3.87. The highest BCUT2D eigenvalue weighted by atomic mass is 16.5. The molecule has 2 aliphatic heterocycles. The number of rotatable bonds is 0. The molecule has 15 heavy (non-hydrogen) atoms. The molecule has 1 aromatic rings. The lowest BCUT2D eigenvalue weighted by atomic mass is 10.00. The van der Waals surface area contributed by atoms with Crippen molar-refractivity contribution in [1.29, 1.82) is 0 Å². The molecule has 2 aliphatic rings. The van der Waals surface area contributed by atoms with Crippen molar-refractivity contribution in [3.05, 3.63) is 18.2 Å². The van der Waals surface area contributed by atoms with Crippen molar-refractivity contribution >= 4 is 11.4 Å². The molecule has 0 amide bonds. The van der Waals surface area contributed by atoms with Crippen molar-refractivity contribution in [2.45, 2.75) is 25.3 Å². The summed E-state index contributed by atoms with van der Waals surface area (Å²) in [5.41, 5.74) is 7.76. The average molecular weight is 204 g/mol. The minimum absolute atomic E-state index is 0.579. The van der Waals surface area contributed by atoms with Crippen molar-refractivity contribution in [3.63, 3.8) is 0 Å². The van der Waals surface area contributed by atoms with E-state index in [4.69, 9.17) is 10.5 Å². The van der Waals surface area contributed by atoms with Crippen LogP contribution in [0.2, 0.25) is 0 Å². The van der Waals surface area contributed by atoms with Crippen LogP contribution in [0, 0.1) is 0 Å². The maximum absolute atomic E-state index is 5.75. The highest BCUT2D eigenvalue weighted by Crippen LogP contribution is 2.38. The molecule has 0 radical (unpaired) electrons. The van der Waals surface area contributed by atoms with E-state index in [1.807, 2.05) is 12.1 Å². The van der Waals surface area contributed by atoms with E-state index in [1.165, 1.54) is 24.9 Å². The molecule has 0 bridgehead atoms. The van der Waals surface area contributed by atoms with Gasteiger partial charge in [0.25, 0.3) is 0 Å². The van der Waals surface area contributed by atoms with Gasteiger partial charge in [-0.2, -0.15) is 0 Å². The molecule has 0 aliphatic carbocycles. The van der Waals surface area contributed by atoms with Crippen LogP contribution >= 0.6 is 0 Å². The molecule has 0 saturated carbocycles. The van der Waals surface area contributed by atoms with Gasteiger partial charge in [-0.25, -0.2) is 0 Å². The Balaban J connectivity index is 1.99. The minimum Gasteiger partial charge on any atom is -0.489 e. The molecular formula is C12H16N2O. The average Bonchev–Trinajstić information content (AvgIpc) is 2.28. The van der Waals surface area contributed by atoms with Crippen molar-refractivity contribution in [1.82, 2.24) is 0 Å². The normalized spacial score (nSPS) is 24.0. The number of anilines is 2. The van der Waals surface area contributed by atoms with Gasteiger partial charge in [-0.15, -0.1) is 0 Å². The second-order valence-corrected chi connectivity index (χ2v) is 4.38. The van der Waals surface area contributed by atoms with Gasteiger partial charge in [-0.1, -0.05) is 0 Å². The standard InChI is InChI=1S/C12H16N2O/c13-9-4-5-11-12(7-9)15-8-10-3-1-2-6-14(10)11/h4-5,7,10H,1-3,6,8,13H2/t10-/m0/s1. The third-order valence-electron chi connectivity index (χ3n) is 3.35. The van der Waals surface area contributed by atoms with E-state index in [2.05, 4.69) is 11.0 Å². The van der Waals surface area contributed by atoms with Crippen LogP contribution in [0.1, 0.15) is 19.3 Å². The number of hydrogen-bond acceptors (Lipinski definition) is 3. The number of fused-ring (bicyclic) bond motifs is 3. The smallest absolute Gasteiger partial charge is 0.144 e. The van der Waals surface area contributed by atoms with Crippen molar-refractivity contribution in [3.8, 4) is 5.75 Å². The van der Waals surface area contributed by atoms with E-state index in [0.29, 0.717) is 6.04 Å². The molecule has 1 atom stereocenters. The van der Waals surface area contributed by atoms with Crippen LogP contribution in [0.5, 0.6) is 5.75 Å². The second kappa shape index (κ2) is 3.33. The summed E-state index contributed by atoms with van der Waals surface area (Å²) in [6, 6.07) is 6.55. The van der Waals surface area contributed by atoms with Gasteiger partial charge < -0.3 is 15.4 Å². The predicted octanol–water partition coefficient (Wildman–Crippen LogP) is 2.02. The highest BCUT2D eigenvalue weighted by molar-refractivity contribution is 5.65. The van der Waals surface area contributed by atoms with Gasteiger partial charge in [0.15, 0.2) is 0 Å². The Hall–Kier alpha value is -1.38. The molecule has 3 nitrogen and oxygen atoms in total. The molecule has 1 saturated heterocycles. The quantitative estimate of drug-likeness (QED) is 0.657. The van der Waals surface area contributed by atoms with Crippen LogP contribution in [0.15, 0.2) is 18.2 Å². The summed E-state index contributed by atoms with van der Waals surface area (Å²) in [4.78, 5) is 2.47. The lowest BCUT2D eigenvalue weighted by Crippen LogP contribution is -2.46. The number of nitrogens with zero attached hydrogens (tertiary/aromatic N) is 1. The molecular weight excluding hydrogens is 188 g/mol. The Bertz CT molecular complexity index is 378.